The molecule has 1 aromatic rings. The minimum absolute atomic E-state index is 0.0623. The summed E-state index contributed by atoms with van der Waals surface area (Å²) in [6, 6.07) is 9.74. The monoisotopic (exact) mass is 375 g/mol. The Morgan fingerprint density at radius 1 is 1.07 bits per heavy atom. The van der Waals surface area contributed by atoms with Gasteiger partial charge in [-0.2, -0.15) is 0 Å². The average Bonchev–Trinajstić information content (AvgIpc) is 2.66. The molecule has 5 heteroatoms. The van der Waals surface area contributed by atoms with Crippen molar-refractivity contribution in [1.29, 1.82) is 0 Å². The van der Waals surface area contributed by atoms with Gasteiger partial charge in [0.05, 0.1) is 26.1 Å². The second-order valence-corrected chi connectivity index (χ2v) is 7.38. The van der Waals surface area contributed by atoms with Gasteiger partial charge in [-0.05, 0) is 25.0 Å². The second kappa shape index (κ2) is 11.6. The number of nitrogens with zero attached hydrogens (tertiary/aromatic N) is 1. The molecule has 1 aromatic carbocycles. The first-order valence-electron chi connectivity index (χ1n) is 10.2. The first kappa shape index (κ1) is 21.3. The lowest BCUT2D eigenvalue weighted by Gasteiger charge is -2.34. The van der Waals surface area contributed by atoms with Gasteiger partial charge >= 0.3 is 5.97 Å². The predicted octanol–water partition coefficient (Wildman–Crippen LogP) is 4.21. The number of benzene rings is 1. The van der Waals surface area contributed by atoms with Crippen molar-refractivity contribution in [3.63, 3.8) is 0 Å². The minimum Gasteiger partial charge on any atom is -0.493 e. The zero-order valence-electron chi connectivity index (χ0n) is 16.7. The van der Waals surface area contributed by atoms with E-state index in [0.717, 1.165) is 31.4 Å². The normalized spacial score (nSPS) is 16.7. The molecule has 1 saturated carbocycles. The molecule has 1 atom stereocenters. The Morgan fingerprint density at radius 3 is 2.33 bits per heavy atom. The Bertz CT molecular complexity index is 567. The van der Waals surface area contributed by atoms with Crippen LogP contribution in [0.1, 0.15) is 58.3 Å². The summed E-state index contributed by atoms with van der Waals surface area (Å²) in [5.41, 5.74) is 0. The third-order valence-electron chi connectivity index (χ3n) is 5.24. The van der Waals surface area contributed by atoms with Crippen LogP contribution in [0, 0.1) is 5.92 Å². The van der Waals surface area contributed by atoms with Crippen LogP contribution in [-0.4, -0.2) is 43.1 Å². The third kappa shape index (κ3) is 7.24. The van der Waals surface area contributed by atoms with Crippen LogP contribution < -0.4 is 4.74 Å². The maximum Gasteiger partial charge on any atom is 0.310 e. The molecule has 1 fully saturated rings. The van der Waals surface area contributed by atoms with Gasteiger partial charge in [-0.15, -0.1) is 0 Å². The van der Waals surface area contributed by atoms with Crippen molar-refractivity contribution >= 4 is 11.9 Å². The zero-order valence-corrected chi connectivity index (χ0v) is 16.7. The number of rotatable bonds is 8. The van der Waals surface area contributed by atoms with Crippen LogP contribution >= 0.6 is 0 Å². The van der Waals surface area contributed by atoms with E-state index in [1.807, 2.05) is 42.2 Å². The molecule has 0 aliphatic heterocycles. The summed E-state index contributed by atoms with van der Waals surface area (Å²) in [5.74, 6) is 0.247. The van der Waals surface area contributed by atoms with Crippen molar-refractivity contribution < 1.29 is 19.1 Å². The molecule has 2 rings (SSSR count). The molecule has 1 amide bonds. The van der Waals surface area contributed by atoms with Crippen LogP contribution in [0.4, 0.5) is 0 Å². The second-order valence-electron chi connectivity index (χ2n) is 7.38. The van der Waals surface area contributed by atoms with Gasteiger partial charge in [0.2, 0.25) is 5.91 Å². The van der Waals surface area contributed by atoms with Gasteiger partial charge in [-0.3, -0.25) is 9.59 Å². The first-order valence-corrected chi connectivity index (χ1v) is 10.2. The highest BCUT2D eigenvalue weighted by atomic mass is 16.5. The molecule has 1 aliphatic rings. The van der Waals surface area contributed by atoms with Gasteiger partial charge < -0.3 is 14.4 Å². The number of carbonyl (C=O) groups excluding carboxylic acids is 2. The molecule has 0 saturated heterocycles. The van der Waals surface area contributed by atoms with Crippen LogP contribution in [0.25, 0.3) is 0 Å². The Balaban J connectivity index is 1.97. The molecule has 0 heterocycles. The van der Waals surface area contributed by atoms with E-state index >= 15 is 0 Å². The van der Waals surface area contributed by atoms with Crippen molar-refractivity contribution in [2.45, 2.75) is 64.3 Å². The quantitative estimate of drug-likeness (QED) is 0.639. The van der Waals surface area contributed by atoms with Gasteiger partial charge in [-0.25, -0.2) is 0 Å². The lowest BCUT2D eigenvalue weighted by atomic mass is 9.94. The number of para-hydroxylation sites is 1. The molecular formula is C22H33NO4. The lowest BCUT2D eigenvalue weighted by molar-refractivity contribution is -0.147. The summed E-state index contributed by atoms with van der Waals surface area (Å²) in [5, 5.41) is 0. The van der Waals surface area contributed by atoms with E-state index in [-0.39, 0.29) is 23.8 Å². The fourth-order valence-electron chi connectivity index (χ4n) is 3.69. The Morgan fingerprint density at radius 2 is 1.70 bits per heavy atom. The number of carbonyl (C=O) groups is 2. The Labute approximate surface area is 163 Å². The zero-order chi connectivity index (χ0) is 19.5. The third-order valence-corrected chi connectivity index (χ3v) is 5.24. The number of esters is 1. The summed E-state index contributed by atoms with van der Waals surface area (Å²) in [7, 11) is 1.40. The fraction of sp³-hybridized carbons (Fsp3) is 0.636. The molecule has 0 bridgehead atoms. The van der Waals surface area contributed by atoms with E-state index in [4.69, 9.17) is 9.47 Å². The standard InChI is InChI=1S/C22H33NO4/c1-18(22(25)26-2)17-23(19-11-7-4-3-5-8-12-19)21(24)15-16-27-20-13-9-6-10-14-20/h6,9-10,13-14,18-19H,3-5,7-8,11-12,15-17H2,1-2H3. The number of methoxy groups -OCH3 is 1. The molecule has 150 valence electrons. The predicted molar refractivity (Wildman–Crippen MR) is 106 cm³/mol. The number of hydrogen-bond acceptors (Lipinski definition) is 4. The van der Waals surface area contributed by atoms with E-state index in [0.29, 0.717) is 19.6 Å². The largest absolute Gasteiger partial charge is 0.493 e. The van der Waals surface area contributed by atoms with Crippen molar-refractivity contribution in [3.8, 4) is 5.75 Å². The molecule has 27 heavy (non-hydrogen) atoms. The van der Waals surface area contributed by atoms with Gasteiger partial charge in [0.15, 0.2) is 0 Å². The summed E-state index contributed by atoms with van der Waals surface area (Å²) in [6.07, 6.45) is 8.36. The van der Waals surface area contributed by atoms with E-state index in [1.165, 1.54) is 26.4 Å². The van der Waals surface area contributed by atoms with E-state index in [9.17, 15) is 9.59 Å². The maximum atomic E-state index is 13.0. The lowest BCUT2D eigenvalue weighted by Crippen LogP contribution is -2.45. The van der Waals surface area contributed by atoms with Crippen LogP contribution in [-0.2, 0) is 14.3 Å². The van der Waals surface area contributed by atoms with E-state index in [1.54, 1.807) is 0 Å². The smallest absolute Gasteiger partial charge is 0.310 e. The number of ether oxygens (including phenoxy) is 2. The van der Waals surface area contributed by atoms with Gasteiger partial charge in [-0.1, -0.05) is 57.2 Å². The van der Waals surface area contributed by atoms with Crippen molar-refractivity contribution in [1.82, 2.24) is 4.90 Å². The number of amides is 1. The molecule has 1 unspecified atom stereocenters. The van der Waals surface area contributed by atoms with Gasteiger partial charge in [0, 0.05) is 12.6 Å². The minimum atomic E-state index is -0.320. The van der Waals surface area contributed by atoms with Crippen LogP contribution in [0.5, 0.6) is 5.75 Å². The van der Waals surface area contributed by atoms with Gasteiger partial charge in [0.25, 0.3) is 0 Å². The van der Waals surface area contributed by atoms with Gasteiger partial charge in [0.1, 0.15) is 5.75 Å². The van der Waals surface area contributed by atoms with Crippen LogP contribution in [0.2, 0.25) is 0 Å². The highest BCUT2D eigenvalue weighted by molar-refractivity contribution is 5.78. The highest BCUT2D eigenvalue weighted by Gasteiger charge is 2.28. The van der Waals surface area contributed by atoms with Crippen LogP contribution in [0.3, 0.4) is 0 Å². The SMILES string of the molecule is COC(=O)C(C)CN(C(=O)CCOc1ccccc1)C1CCCCCCC1. The molecule has 0 N–H and O–H groups in total. The Hall–Kier alpha value is -2.04. The molecule has 0 aromatic heterocycles. The topological polar surface area (TPSA) is 55.8 Å². The van der Waals surface area contributed by atoms with Crippen molar-refractivity contribution in [2.75, 3.05) is 20.3 Å². The molecular weight excluding hydrogens is 342 g/mol. The van der Waals surface area contributed by atoms with E-state index in [2.05, 4.69) is 0 Å². The number of hydrogen-bond donors (Lipinski definition) is 0. The fourth-order valence-corrected chi connectivity index (χ4v) is 3.69. The summed E-state index contributed by atoms with van der Waals surface area (Å²) >= 11 is 0. The van der Waals surface area contributed by atoms with Crippen molar-refractivity contribution in [2.24, 2.45) is 5.92 Å². The molecule has 0 radical (unpaired) electrons. The summed E-state index contributed by atoms with van der Waals surface area (Å²) < 4.78 is 10.6. The summed E-state index contributed by atoms with van der Waals surface area (Å²) in [4.78, 5) is 26.8. The first-order chi connectivity index (χ1) is 13.1. The molecule has 5 nitrogen and oxygen atoms in total. The van der Waals surface area contributed by atoms with Crippen molar-refractivity contribution in [3.05, 3.63) is 30.3 Å². The summed E-state index contributed by atoms with van der Waals surface area (Å²) in [6.45, 7) is 2.59. The highest BCUT2D eigenvalue weighted by Crippen LogP contribution is 2.23. The van der Waals surface area contributed by atoms with E-state index < -0.39 is 0 Å². The average molecular weight is 376 g/mol. The Kier molecular flexibility index (Phi) is 9.16. The maximum absolute atomic E-state index is 13.0. The molecule has 1 aliphatic carbocycles. The van der Waals surface area contributed by atoms with Crippen LogP contribution in [0.15, 0.2) is 30.3 Å². The molecule has 0 spiro atoms.